The van der Waals surface area contributed by atoms with Crippen molar-refractivity contribution in [3.8, 4) is 0 Å². The summed E-state index contributed by atoms with van der Waals surface area (Å²) in [7, 11) is 1.63. The molecule has 0 aromatic rings. The number of methoxy groups -OCH3 is 1. The summed E-state index contributed by atoms with van der Waals surface area (Å²) in [4.78, 5) is 10.8. The Morgan fingerprint density at radius 1 is 0.909 bits per heavy atom. The summed E-state index contributed by atoms with van der Waals surface area (Å²) >= 11 is 0. The predicted molar refractivity (Wildman–Crippen MR) is 144 cm³/mol. The number of rotatable bonds is 12. The average Bonchev–Trinajstić information content (AvgIpc) is 2.86. The highest BCUT2D eigenvalue weighted by Gasteiger charge is 2.30. The average molecular weight is 459 g/mol. The van der Waals surface area contributed by atoms with Gasteiger partial charge in [0.25, 0.3) is 0 Å². The van der Waals surface area contributed by atoms with Crippen molar-refractivity contribution >= 4 is 6.29 Å². The van der Waals surface area contributed by atoms with E-state index in [0.717, 1.165) is 29.2 Å². The molecule has 2 heteroatoms. The Balaban J connectivity index is 0.000000331. The van der Waals surface area contributed by atoms with E-state index in [1.54, 1.807) is 7.11 Å². The summed E-state index contributed by atoms with van der Waals surface area (Å²) < 4.78 is 4.97. The maximum Gasteiger partial charge on any atom is 0.123 e. The second kappa shape index (κ2) is 17.2. The van der Waals surface area contributed by atoms with Gasteiger partial charge in [0.05, 0.1) is 7.11 Å². The van der Waals surface area contributed by atoms with Crippen molar-refractivity contribution in [2.24, 2.45) is 35.5 Å². The number of ether oxygens (including phenoxy) is 1. The molecule has 0 saturated heterocycles. The molecule has 33 heavy (non-hydrogen) atoms. The quantitative estimate of drug-likeness (QED) is 0.165. The van der Waals surface area contributed by atoms with E-state index in [2.05, 4.69) is 40.9 Å². The van der Waals surface area contributed by atoms with E-state index >= 15 is 0 Å². The van der Waals surface area contributed by atoms with Gasteiger partial charge in [-0.05, 0) is 80.6 Å². The van der Waals surface area contributed by atoms with Crippen LogP contribution in [-0.2, 0) is 9.53 Å². The Morgan fingerprint density at radius 3 is 1.97 bits per heavy atom. The van der Waals surface area contributed by atoms with Gasteiger partial charge in [-0.3, -0.25) is 0 Å². The third-order valence-corrected chi connectivity index (χ3v) is 8.43. The molecule has 0 heterocycles. The molecule has 0 aromatic heterocycles. The number of carbonyl (C=O) groups is 1. The largest absolute Gasteiger partial charge is 0.497 e. The summed E-state index contributed by atoms with van der Waals surface area (Å²) in [5, 5.41) is 0. The van der Waals surface area contributed by atoms with Crippen LogP contribution in [0.3, 0.4) is 0 Å². The van der Waals surface area contributed by atoms with Gasteiger partial charge in [-0.2, -0.15) is 0 Å². The highest BCUT2D eigenvalue weighted by Crippen LogP contribution is 2.41. The van der Waals surface area contributed by atoms with E-state index in [4.69, 9.17) is 4.74 Å². The minimum Gasteiger partial charge on any atom is -0.497 e. The van der Waals surface area contributed by atoms with Gasteiger partial charge < -0.3 is 9.53 Å². The molecule has 0 amide bonds. The van der Waals surface area contributed by atoms with Gasteiger partial charge in [0, 0.05) is 5.92 Å². The van der Waals surface area contributed by atoms with Gasteiger partial charge in [0.15, 0.2) is 0 Å². The molecule has 2 unspecified atom stereocenters. The molecule has 0 aliphatic heterocycles. The van der Waals surface area contributed by atoms with Crippen LogP contribution in [0, 0.1) is 35.5 Å². The van der Waals surface area contributed by atoms with Crippen LogP contribution in [0.5, 0.6) is 0 Å². The van der Waals surface area contributed by atoms with Gasteiger partial charge in [-0.15, -0.1) is 0 Å². The second-order valence-corrected chi connectivity index (χ2v) is 11.0. The molecule has 2 atom stereocenters. The third-order valence-electron chi connectivity index (χ3n) is 8.43. The Kier molecular flexibility index (Phi) is 15.5. The first kappa shape index (κ1) is 29.7. The van der Waals surface area contributed by atoms with E-state index in [-0.39, 0.29) is 0 Å². The lowest BCUT2D eigenvalue weighted by Gasteiger charge is -2.37. The molecule has 2 fully saturated rings. The van der Waals surface area contributed by atoms with Gasteiger partial charge in [-0.25, -0.2) is 0 Å². The zero-order valence-electron chi connectivity index (χ0n) is 22.6. The third kappa shape index (κ3) is 12.1. The monoisotopic (exact) mass is 458 g/mol. The van der Waals surface area contributed by atoms with Gasteiger partial charge in [0.1, 0.15) is 12.0 Å². The van der Waals surface area contributed by atoms with Crippen LogP contribution in [0.1, 0.15) is 111 Å². The molecule has 0 N–H and O–H groups in total. The fourth-order valence-electron chi connectivity index (χ4n) is 5.47. The molecule has 2 saturated carbocycles. The van der Waals surface area contributed by atoms with Crippen LogP contribution in [0.25, 0.3) is 0 Å². The zero-order chi connectivity index (χ0) is 24.6. The lowest BCUT2D eigenvalue weighted by Crippen LogP contribution is -2.26. The van der Waals surface area contributed by atoms with Gasteiger partial charge in [0.2, 0.25) is 0 Å². The summed E-state index contributed by atoms with van der Waals surface area (Å²) in [5.74, 6) is 5.40. The summed E-state index contributed by atoms with van der Waals surface area (Å²) in [6.07, 6.45) is 22.5. The molecular weight excluding hydrogens is 404 g/mol. The summed E-state index contributed by atoms with van der Waals surface area (Å²) in [6.45, 7) is 16.9. The Bertz CT molecular complexity index is 574. The van der Waals surface area contributed by atoms with Gasteiger partial charge >= 0.3 is 0 Å². The van der Waals surface area contributed by atoms with Crippen molar-refractivity contribution in [1.82, 2.24) is 0 Å². The van der Waals surface area contributed by atoms with E-state index in [1.165, 1.54) is 89.8 Å². The van der Waals surface area contributed by atoms with Crippen LogP contribution in [0.4, 0.5) is 0 Å². The Morgan fingerprint density at radius 2 is 1.48 bits per heavy atom. The van der Waals surface area contributed by atoms with E-state index in [1.807, 2.05) is 12.2 Å². The lowest BCUT2D eigenvalue weighted by molar-refractivity contribution is -0.112. The number of allylic oxidation sites excluding steroid dienone is 3. The number of aldehydes is 1. The van der Waals surface area contributed by atoms with E-state index in [9.17, 15) is 4.79 Å². The highest BCUT2D eigenvalue weighted by atomic mass is 16.5. The topological polar surface area (TPSA) is 26.3 Å². The Labute approximate surface area is 206 Å². The van der Waals surface area contributed by atoms with Crippen molar-refractivity contribution in [1.29, 1.82) is 0 Å². The van der Waals surface area contributed by atoms with Crippen LogP contribution in [-0.4, -0.2) is 13.4 Å². The molecule has 2 rings (SSSR count). The van der Waals surface area contributed by atoms with Crippen LogP contribution < -0.4 is 0 Å². The standard InChI is InChI=1S/C16H28O.C15H26O/c1-2-3-13-4-8-15(9-5-13)16-10-6-14(12-17)7-11-16;1-7-12(2)8-9-13(3)14(4)10-11-15(5)16-6/h12-16H,2-11H2,1H3;10-13H,4-5,7-9H2,1-3,6H3/b;11-10-. The normalized spacial score (nSPS) is 27.2. The fraction of sp³-hybridized carbons (Fsp3) is 0.774. The van der Waals surface area contributed by atoms with Crippen molar-refractivity contribution in [3.05, 3.63) is 36.6 Å². The highest BCUT2D eigenvalue weighted by molar-refractivity contribution is 5.53. The van der Waals surface area contributed by atoms with Gasteiger partial charge in [-0.1, -0.05) is 91.0 Å². The van der Waals surface area contributed by atoms with Crippen LogP contribution in [0.15, 0.2) is 36.6 Å². The minimum atomic E-state index is 0.391. The molecule has 190 valence electrons. The number of hydrogen-bond acceptors (Lipinski definition) is 2. The summed E-state index contributed by atoms with van der Waals surface area (Å²) in [5.41, 5.74) is 1.15. The molecule has 0 bridgehead atoms. The fourth-order valence-corrected chi connectivity index (χ4v) is 5.47. The predicted octanol–water partition coefficient (Wildman–Crippen LogP) is 9.32. The zero-order valence-corrected chi connectivity index (χ0v) is 22.6. The molecular formula is C31H54O2. The lowest BCUT2D eigenvalue weighted by atomic mass is 9.69. The minimum absolute atomic E-state index is 0.391. The molecule has 2 aliphatic carbocycles. The van der Waals surface area contributed by atoms with E-state index in [0.29, 0.717) is 17.6 Å². The first-order chi connectivity index (χ1) is 15.8. The SMILES string of the molecule is C=C(/C=C\C(=C)C(C)CCC(C)CC)OC.CCCC1CCC(C2CCC(C=O)CC2)CC1. The smallest absolute Gasteiger partial charge is 0.123 e. The van der Waals surface area contributed by atoms with Crippen molar-refractivity contribution in [2.75, 3.05) is 7.11 Å². The van der Waals surface area contributed by atoms with Crippen molar-refractivity contribution in [2.45, 2.75) is 111 Å². The number of carbonyl (C=O) groups excluding carboxylic acids is 1. The molecule has 2 nitrogen and oxygen atoms in total. The second-order valence-electron chi connectivity index (χ2n) is 11.0. The first-order valence-corrected chi connectivity index (χ1v) is 13.9. The van der Waals surface area contributed by atoms with Crippen molar-refractivity contribution in [3.63, 3.8) is 0 Å². The molecule has 0 radical (unpaired) electrons. The maximum absolute atomic E-state index is 10.8. The number of hydrogen-bond donors (Lipinski definition) is 0. The molecule has 0 aromatic carbocycles. The van der Waals surface area contributed by atoms with Crippen LogP contribution >= 0.6 is 0 Å². The molecule has 0 spiro atoms. The van der Waals surface area contributed by atoms with Crippen molar-refractivity contribution < 1.29 is 9.53 Å². The first-order valence-electron chi connectivity index (χ1n) is 13.9. The maximum atomic E-state index is 10.8. The van der Waals surface area contributed by atoms with Crippen LogP contribution in [0.2, 0.25) is 0 Å². The summed E-state index contributed by atoms with van der Waals surface area (Å²) in [6, 6.07) is 0. The van der Waals surface area contributed by atoms with E-state index < -0.39 is 0 Å². The molecule has 2 aliphatic rings. The Hall–Kier alpha value is -1.31.